The lowest BCUT2D eigenvalue weighted by atomic mass is 9.97. The lowest BCUT2D eigenvalue weighted by molar-refractivity contribution is -0.138. The number of piperidine rings is 1. The Balaban J connectivity index is 1.83. The van der Waals surface area contributed by atoms with Gasteiger partial charge in [0.25, 0.3) is 0 Å². The number of amides is 1. The molecule has 2 aliphatic rings. The molecule has 2 rings (SSSR count). The molecule has 110 valence electrons. The van der Waals surface area contributed by atoms with E-state index in [1.807, 2.05) is 0 Å². The molecule has 0 aromatic rings. The third kappa shape index (κ3) is 3.93. The highest BCUT2D eigenvalue weighted by Gasteiger charge is 2.34. The molecule has 0 aromatic carbocycles. The predicted octanol–water partition coefficient (Wildman–Crippen LogP) is 1.46. The standard InChI is InChI=1S/C15H29N3O/c1-12(2)16-8-7-15(19)18-11-14-6-4-5-9-17(14)10-13(18)3/h12-14,16H,4-11H2,1-3H3. The highest BCUT2D eigenvalue weighted by atomic mass is 16.2. The summed E-state index contributed by atoms with van der Waals surface area (Å²) in [5.74, 6) is 0.325. The molecule has 4 heteroatoms. The number of carbonyl (C=O) groups excluding carboxylic acids is 1. The van der Waals surface area contributed by atoms with E-state index in [4.69, 9.17) is 0 Å². The Hall–Kier alpha value is -0.610. The molecule has 0 radical (unpaired) electrons. The number of piperazine rings is 1. The molecule has 4 nitrogen and oxygen atoms in total. The van der Waals surface area contributed by atoms with Crippen molar-refractivity contribution in [2.75, 3.05) is 26.2 Å². The maximum atomic E-state index is 12.3. The van der Waals surface area contributed by atoms with Gasteiger partial charge in [0.2, 0.25) is 5.91 Å². The monoisotopic (exact) mass is 267 g/mol. The van der Waals surface area contributed by atoms with Crippen LogP contribution in [0.4, 0.5) is 0 Å². The van der Waals surface area contributed by atoms with Gasteiger partial charge < -0.3 is 10.2 Å². The van der Waals surface area contributed by atoms with E-state index < -0.39 is 0 Å². The summed E-state index contributed by atoms with van der Waals surface area (Å²) in [6.07, 6.45) is 4.55. The van der Waals surface area contributed by atoms with Crippen LogP contribution in [0.25, 0.3) is 0 Å². The fourth-order valence-corrected chi connectivity index (χ4v) is 3.31. The van der Waals surface area contributed by atoms with Crippen LogP contribution in [0.1, 0.15) is 46.5 Å². The van der Waals surface area contributed by atoms with Crippen molar-refractivity contribution in [1.29, 1.82) is 0 Å². The van der Waals surface area contributed by atoms with E-state index in [0.717, 1.165) is 19.6 Å². The maximum absolute atomic E-state index is 12.3. The van der Waals surface area contributed by atoms with Crippen LogP contribution in [-0.4, -0.2) is 60.0 Å². The van der Waals surface area contributed by atoms with Crippen LogP contribution in [0.15, 0.2) is 0 Å². The van der Waals surface area contributed by atoms with Crippen LogP contribution < -0.4 is 5.32 Å². The number of nitrogens with one attached hydrogen (secondary N) is 1. The Morgan fingerprint density at radius 3 is 2.84 bits per heavy atom. The molecule has 0 saturated carbocycles. The van der Waals surface area contributed by atoms with Crippen LogP contribution >= 0.6 is 0 Å². The van der Waals surface area contributed by atoms with Gasteiger partial charge in [-0.3, -0.25) is 9.69 Å². The first-order valence-corrected chi connectivity index (χ1v) is 7.85. The third-order valence-corrected chi connectivity index (χ3v) is 4.40. The number of carbonyl (C=O) groups is 1. The number of fused-ring (bicyclic) bond motifs is 1. The Morgan fingerprint density at radius 1 is 1.32 bits per heavy atom. The van der Waals surface area contributed by atoms with Crippen LogP contribution in [0.3, 0.4) is 0 Å². The van der Waals surface area contributed by atoms with Gasteiger partial charge in [0, 0.05) is 44.2 Å². The molecule has 2 unspecified atom stereocenters. The summed E-state index contributed by atoms with van der Waals surface area (Å²) in [7, 11) is 0. The molecule has 2 saturated heterocycles. The quantitative estimate of drug-likeness (QED) is 0.837. The average Bonchev–Trinajstić information content (AvgIpc) is 2.37. The fourth-order valence-electron chi connectivity index (χ4n) is 3.31. The molecular formula is C15H29N3O. The SMILES string of the molecule is CC(C)NCCC(=O)N1CC2CCCCN2CC1C. The van der Waals surface area contributed by atoms with Crippen molar-refractivity contribution in [3.05, 3.63) is 0 Å². The van der Waals surface area contributed by atoms with Crippen molar-refractivity contribution in [2.45, 2.75) is 64.6 Å². The minimum atomic E-state index is 0.325. The summed E-state index contributed by atoms with van der Waals surface area (Å²) in [4.78, 5) is 17.0. The lowest BCUT2D eigenvalue weighted by Gasteiger charge is -2.47. The summed E-state index contributed by atoms with van der Waals surface area (Å²) < 4.78 is 0. The second-order valence-electron chi connectivity index (χ2n) is 6.40. The van der Waals surface area contributed by atoms with Gasteiger partial charge in [0.15, 0.2) is 0 Å². The first-order chi connectivity index (χ1) is 9.08. The Bertz CT molecular complexity index is 306. The van der Waals surface area contributed by atoms with Crippen LogP contribution in [0, 0.1) is 0 Å². The maximum Gasteiger partial charge on any atom is 0.224 e. The normalized spacial score (nSPS) is 28.5. The van der Waals surface area contributed by atoms with Gasteiger partial charge in [-0.25, -0.2) is 0 Å². The molecule has 2 atom stereocenters. The first kappa shape index (κ1) is 14.8. The predicted molar refractivity (Wildman–Crippen MR) is 78.1 cm³/mol. The summed E-state index contributed by atoms with van der Waals surface area (Å²) in [5.41, 5.74) is 0. The fraction of sp³-hybridized carbons (Fsp3) is 0.933. The lowest BCUT2D eigenvalue weighted by Crippen LogP contribution is -2.60. The van der Waals surface area contributed by atoms with Crippen molar-refractivity contribution in [2.24, 2.45) is 0 Å². The molecule has 2 fully saturated rings. The van der Waals surface area contributed by atoms with E-state index in [0.29, 0.717) is 30.5 Å². The van der Waals surface area contributed by atoms with E-state index in [2.05, 4.69) is 35.9 Å². The summed E-state index contributed by atoms with van der Waals surface area (Å²) >= 11 is 0. The van der Waals surface area contributed by atoms with Gasteiger partial charge in [-0.2, -0.15) is 0 Å². The van der Waals surface area contributed by atoms with Gasteiger partial charge in [0.05, 0.1) is 0 Å². The summed E-state index contributed by atoms with van der Waals surface area (Å²) in [6.45, 7) is 10.5. The van der Waals surface area contributed by atoms with Crippen molar-refractivity contribution in [3.8, 4) is 0 Å². The number of hydrogen-bond acceptors (Lipinski definition) is 3. The Kier molecular flexibility index (Phi) is 5.22. The molecule has 19 heavy (non-hydrogen) atoms. The number of rotatable bonds is 4. The zero-order valence-electron chi connectivity index (χ0n) is 12.7. The van der Waals surface area contributed by atoms with Crippen LogP contribution in [-0.2, 0) is 4.79 Å². The van der Waals surface area contributed by atoms with E-state index in [1.54, 1.807) is 0 Å². The van der Waals surface area contributed by atoms with Crippen molar-refractivity contribution >= 4 is 5.91 Å². The molecule has 2 aliphatic heterocycles. The minimum Gasteiger partial charge on any atom is -0.337 e. The molecule has 0 aliphatic carbocycles. The van der Waals surface area contributed by atoms with Gasteiger partial charge >= 0.3 is 0 Å². The summed E-state index contributed by atoms with van der Waals surface area (Å²) in [5, 5.41) is 3.33. The smallest absolute Gasteiger partial charge is 0.224 e. The Morgan fingerprint density at radius 2 is 2.11 bits per heavy atom. The first-order valence-electron chi connectivity index (χ1n) is 7.85. The van der Waals surface area contributed by atoms with Crippen molar-refractivity contribution in [3.63, 3.8) is 0 Å². The van der Waals surface area contributed by atoms with E-state index in [1.165, 1.54) is 25.8 Å². The second-order valence-corrected chi connectivity index (χ2v) is 6.40. The minimum absolute atomic E-state index is 0.325. The molecule has 1 amide bonds. The van der Waals surface area contributed by atoms with Crippen molar-refractivity contribution < 1.29 is 4.79 Å². The summed E-state index contributed by atoms with van der Waals surface area (Å²) in [6, 6.07) is 1.45. The molecule has 0 spiro atoms. The van der Waals surface area contributed by atoms with Gasteiger partial charge in [-0.05, 0) is 26.3 Å². The zero-order chi connectivity index (χ0) is 13.8. The highest BCUT2D eigenvalue weighted by Crippen LogP contribution is 2.24. The zero-order valence-corrected chi connectivity index (χ0v) is 12.7. The number of hydrogen-bond donors (Lipinski definition) is 1. The van der Waals surface area contributed by atoms with Crippen LogP contribution in [0.5, 0.6) is 0 Å². The topological polar surface area (TPSA) is 35.6 Å². The molecule has 0 bridgehead atoms. The molecular weight excluding hydrogens is 238 g/mol. The molecule has 1 N–H and O–H groups in total. The Labute approximate surface area is 117 Å². The molecule has 0 aromatic heterocycles. The van der Waals surface area contributed by atoms with Crippen LogP contribution in [0.2, 0.25) is 0 Å². The van der Waals surface area contributed by atoms with Gasteiger partial charge in [-0.15, -0.1) is 0 Å². The highest BCUT2D eigenvalue weighted by molar-refractivity contribution is 5.77. The average molecular weight is 267 g/mol. The van der Waals surface area contributed by atoms with Gasteiger partial charge in [0.1, 0.15) is 0 Å². The second kappa shape index (κ2) is 6.71. The molecule has 2 heterocycles. The number of nitrogens with zero attached hydrogens (tertiary/aromatic N) is 2. The van der Waals surface area contributed by atoms with E-state index in [-0.39, 0.29) is 0 Å². The van der Waals surface area contributed by atoms with E-state index >= 15 is 0 Å². The van der Waals surface area contributed by atoms with Gasteiger partial charge in [-0.1, -0.05) is 20.3 Å². The largest absolute Gasteiger partial charge is 0.337 e. The van der Waals surface area contributed by atoms with E-state index in [9.17, 15) is 4.79 Å². The third-order valence-electron chi connectivity index (χ3n) is 4.40. The van der Waals surface area contributed by atoms with Crippen molar-refractivity contribution in [1.82, 2.24) is 15.1 Å².